The van der Waals surface area contributed by atoms with Gasteiger partial charge in [-0.3, -0.25) is 4.79 Å². The molecule has 1 aromatic carbocycles. The molecule has 0 spiro atoms. The molecule has 0 saturated heterocycles. The minimum Gasteiger partial charge on any atom is -0.384 e. The third-order valence-electron chi connectivity index (χ3n) is 3.61. The Morgan fingerprint density at radius 3 is 2.81 bits per heavy atom. The Morgan fingerprint density at radius 2 is 2.14 bits per heavy atom. The van der Waals surface area contributed by atoms with E-state index in [4.69, 9.17) is 10.6 Å². The van der Waals surface area contributed by atoms with E-state index >= 15 is 0 Å². The molecule has 0 bridgehead atoms. The van der Waals surface area contributed by atoms with Crippen LogP contribution in [0.25, 0.3) is 0 Å². The minimum absolute atomic E-state index is 0.0803. The van der Waals surface area contributed by atoms with E-state index in [0.29, 0.717) is 18.2 Å². The smallest absolute Gasteiger partial charge is 0.260 e. The summed E-state index contributed by atoms with van der Waals surface area (Å²) in [6.45, 7) is 1.94. The van der Waals surface area contributed by atoms with Gasteiger partial charge in [0, 0.05) is 12.5 Å². The van der Waals surface area contributed by atoms with Gasteiger partial charge in [-0.2, -0.15) is 0 Å². The van der Waals surface area contributed by atoms with Gasteiger partial charge in [0.2, 0.25) is 0 Å². The number of amides is 1. The average Bonchev–Trinajstić information content (AvgIpc) is 3.31. The maximum Gasteiger partial charge on any atom is 0.260 e. The van der Waals surface area contributed by atoms with Gasteiger partial charge in [0.25, 0.3) is 5.91 Å². The lowest BCUT2D eigenvalue weighted by molar-refractivity contribution is -0.126. The molecule has 5 nitrogen and oxygen atoms in total. The first-order valence-electron chi connectivity index (χ1n) is 7.42. The van der Waals surface area contributed by atoms with Gasteiger partial charge in [-0.1, -0.05) is 35.5 Å². The lowest BCUT2D eigenvalue weighted by Crippen LogP contribution is -2.36. The highest BCUT2D eigenvalue weighted by Gasteiger charge is 2.28. The molecule has 3 N–H and O–H groups in total. The summed E-state index contributed by atoms with van der Waals surface area (Å²) in [5.74, 6) is 0.893. The number of nitrogens with one attached hydrogen (secondary N) is 1. The summed E-state index contributed by atoms with van der Waals surface area (Å²) in [4.78, 5) is 16.6. The summed E-state index contributed by atoms with van der Waals surface area (Å²) in [6.07, 6.45) is 3.83. The highest BCUT2D eigenvalue weighted by atomic mass is 16.6. The van der Waals surface area contributed by atoms with Gasteiger partial charge in [-0.15, -0.1) is 0 Å². The first-order valence-corrected chi connectivity index (χ1v) is 7.42. The van der Waals surface area contributed by atoms with Crippen LogP contribution in [0, 0.1) is 5.92 Å². The van der Waals surface area contributed by atoms with Crippen molar-refractivity contribution >= 4 is 11.7 Å². The number of carbonyl (C=O) groups is 1. The first-order chi connectivity index (χ1) is 10.1. The fourth-order valence-corrected chi connectivity index (χ4v) is 2.15. The maximum atomic E-state index is 11.6. The second-order valence-electron chi connectivity index (χ2n) is 5.54. The zero-order chi connectivity index (χ0) is 15.1. The number of carbonyl (C=O) groups excluding carboxylic acids is 1. The summed E-state index contributed by atoms with van der Waals surface area (Å²) in [7, 11) is 0. The normalized spacial score (nSPS) is 16.3. The Kier molecular flexibility index (Phi) is 5.60. The monoisotopic (exact) mass is 289 g/mol. The molecular weight excluding hydrogens is 266 g/mol. The van der Waals surface area contributed by atoms with Crippen LogP contribution in [0.4, 0.5) is 0 Å². The van der Waals surface area contributed by atoms with E-state index in [1.54, 1.807) is 0 Å². The molecule has 1 aromatic rings. The fourth-order valence-electron chi connectivity index (χ4n) is 2.15. The average molecular weight is 289 g/mol. The first kappa shape index (κ1) is 15.4. The van der Waals surface area contributed by atoms with Crippen molar-refractivity contribution in [3.8, 4) is 0 Å². The molecule has 1 unspecified atom stereocenters. The molecule has 1 atom stereocenters. The summed E-state index contributed by atoms with van der Waals surface area (Å²) in [5.41, 5.74) is 6.96. The minimum atomic E-state index is -0.144. The van der Waals surface area contributed by atoms with Crippen molar-refractivity contribution in [2.75, 3.05) is 6.61 Å². The van der Waals surface area contributed by atoms with E-state index in [0.717, 1.165) is 6.42 Å². The molecule has 1 amide bonds. The second-order valence-corrected chi connectivity index (χ2v) is 5.54. The van der Waals surface area contributed by atoms with Crippen LogP contribution < -0.4 is 11.1 Å². The topological polar surface area (TPSA) is 76.7 Å². The van der Waals surface area contributed by atoms with Gasteiger partial charge in [0.1, 0.15) is 5.84 Å². The van der Waals surface area contributed by atoms with Crippen molar-refractivity contribution in [1.29, 1.82) is 0 Å². The van der Waals surface area contributed by atoms with E-state index in [9.17, 15) is 4.79 Å². The SMILES string of the molecule is CC(NC(=O)CO/N=C(\N)CCc1ccccc1)C1CC1. The predicted molar refractivity (Wildman–Crippen MR) is 82.7 cm³/mol. The largest absolute Gasteiger partial charge is 0.384 e. The maximum absolute atomic E-state index is 11.6. The van der Waals surface area contributed by atoms with Crippen LogP contribution in [-0.2, 0) is 16.1 Å². The van der Waals surface area contributed by atoms with Gasteiger partial charge >= 0.3 is 0 Å². The van der Waals surface area contributed by atoms with E-state index < -0.39 is 0 Å². The van der Waals surface area contributed by atoms with Crippen LogP contribution in [0.5, 0.6) is 0 Å². The van der Waals surface area contributed by atoms with Crippen LogP contribution in [-0.4, -0.2) is 24.4 Å². The molecule has 0 aromatic heterocycles. The Labute approximate surface area is 125 Å². The number of rotatable bonds is 8. The highest BCUT2D eigenvalue weighted by Crippen LogP contribution is 2.32. The van der Waals surface area contributed by atoms with Crippen molar-refractivity contribution in [2.45, 2.75) is 38.6 Å². The summed E-state index contributed by atoms with van der Waals surface area (Å²) >= 11 is 0. The standard InChI is InChI=1S/C16H23N3O2/c1-12(14-8-9-14)18-16(20)11-21-19-15(17)10-7-13-5-3-2-4-6-13/h2-6,12,14H,7-11H2,1H3,(H2,17,19)(H,18,20). The molecule has 0 heterocycles. The predicted octanol–water partition coefficient (Wildman–Crippen LogP) is 1.82. The van der Waals surface area contributed by atoms with E-state index in [2.05, 4.69) is 10.5 Å². The van der Waals surface area contributed by atoms with Crippen LogP contribution in [0.1, 0.15) is 31.7 Å². The Morgan fingerprint density at radius 1 is 1.43 bits per heavy atom. The van der Waals surface area contributed by atoms with Gasteiger partial charge in [0.05, 0.1) is 0 Å². The molecule has 0 radical (unpaired) electrons. The molecular formula is C16H23N3O2. The van der Waals surface area contributed by atoms with Crippen LogP contribution in [0.2, 0.25) is 0 Å². The summed E-state index contributed by atoms with van der Waals surface area (Å²) in [6, 6.07) is 10.3. The van der Waals surface area contributed by atoms with Gasteiger partial charge in [-0.05, 0) is 37.7 Å². The van der Waals surface area contributed by atoms with Crippen molar-refractivity contribution < 1.29 is 9.63 Å². The zero-order valence-electron chi connectivity index (χ0n) is 12.4. The van der Waals surface area contributed by atoms with E-state index in [-0.39, 0.29) is 18.6 Å². The fraction of sp³-hybridized carbons (Fsp3) is 0.500. The molecule has 21 heavy (non-hydrogen) atoms. The Balaban J connectivity index is 1.62. The van der Waals surface area contributed by atoms with Gasteiger partial charge in [-0.25, -0.2) is 0 Å². The number of hydrogen-bond donors (Lipinski definition) is 2. The zero-order valence-corrected chi connectivity index (χ0v) is 12.4. The lowest BCUT2D eigenvalue weighted by Gasteiger charge is -2.11. The molecule has 1 saturated carbocycles. The second kappa shape index (κ2) is 7.67. The molecule has 114 valence electrons. The number of oxime groups is 1. The van der Waals surface area contributed by atoms with Gasteiger partial charge < -0.3 is 15.9 Å². The molecule has 0 aliphatic heterocycles. The number of aryl methyl sites for hydroxylation is 1. The number of nitrogens with two attached hydrogens (primary N) is 1. The molecule has 5 heteroatoms. The Hall–Kier alpha value is -2.04. The molecule has 1 aliphatic carbocycles. The summed E-state index contributed by atoms with van der Waals surface area (Å²) in [5, 5.41) is 6.68. The van der Waals surface area contributed by atoms with Crippen LogP contribution in [0.15, 0.2) is 35.5 Å². The quantitative estimate of drug-likeness (QED) is 0.435. The number of amidine groups is 1. The van der Waals surface area contributed by atoms with Crippen LogP contribution >= 0.6 is 0 Å². The van der Waals surface area contributed by atoms with Gasteiger partial charge in [0.15, 0.2) is 6.61 Å². The van der Waals surface area contributed by atoms with Crippen molar-refractivity contribution in [2.24, 2.45) is 16.8 Å². The molecule has 1 aliphatic rings. The number of hydrogen-bond acceptors (Lipinski definition) is 3. The number of benzene rings is 1. The summed E-state index contributed by atoms with van der Waals surface area (Å²) < 4.78 is 0. The Bertz CT molecular complexity index is 484. The van der Waals surface area contributed by atoms with E-state index in [1.165, 1.54) is 18.4 Å². The third-order valence-corrected chi connectivity index (χ3v) is 3.61. The number of nitrogens with zero attached hydrogens (tertiary/aromatic N) is 1. The van der Waals surface area contributed by atoms with E-state index in [1.807, 2.05) is 37.3 Å². The molecule has 2 rings (SSSR count). The van der Waals surface area contributed by atoms with Crippen molar-refractivity contribution in [1.82, 2.24) is 5.32 Å². The highest BCUT2D eigenvalue weighted by molar-refractivity contribution is 5.80. The third kappa shape index (κ3) is 5.85. The lowest BCUT2D eigenvalue weighted by atomic mass is 10.1. The van der Waals surface area contributed by atoms with Crippen LogP contribution in [0.3, 0.4) is 0 Å². The molecule has 1 fully saturated rings. The van der Waals surface area contributed by atoms with Crippen molar-refractivity contribution in [3.05, 3.63) is 35.9 Å². The van der Waals surface area contributed by atoms with Crippen molar-refractivity contribution in [3.63, 3.8) is 0 Å².